The van der Waals surface area contributed by atoms with Crippen LogP contribution in [-0.4, -0.2) is 47.6 Å². The van der Waals surface area contributed by atoms with E-state index in [1.807, 2.05) is 6.07 Å². The molecular formula is C15H25Cl2N5O. The van der Waals surface area contributed by atoms with E-state index < -0.39 is 0 Å². The van der Waals surface area contributed by atoms with Gasteiger partial charge in [-0.3, -0.25) is 4.79 Å². The summed E-state index contributed by atoms with van der Waals surface area (Å²) < 4.78 is 0. The second-order valence-corrected chi connectivity index (χ2v) is 5.85. The third kappa shape index (κ3) is 5.48. The highest BCUT2D eigenvalue weighted by molar-refractivity contribution is 5.85. The van der Waals surface area contributed by atoms with Crippen LogP contribution in [-0.2, 0) is 4.79 Å². The summed E-state index contributed by atoms with van der Waals surface area (Å²) in [5.41, 5.74) is 0. The molecule has 1 amide bonds. The topological polar surface area (TPSA) is 70.2 Å². The van der Waals surface area contributed by atoms with Gasteiger partial charge in [-0.2, -0.15) is 0 Å². The Kier molecular flexibility index (Phi) is 8.58. The summed E-state index contributed by atoms with van der Waals surface area (Å²) in [5, 5.41) is 6.49. The normalized spacial score (nSPS) is 24.1. The van der Waals surface area contributed by atoms with Crippen molar-refractivity contribution in [3.05, 3.63) is 18.5 Å². The van der Waals surface area contributed by atoms with Gasteiger partial charge in [-0.15, -0.1) is 24.8 Å². The molecule has 0 spiro atoms. The van der Waals surface area contributed by atoms with Crippen LogP contribution in [0.2, 0.25) is 0 Å². The lowest BCUT2D eigenvalue weighted by Crippen LogP contribution is -2.54. The summed E-state index contributed by atoms with van der Waals surface area (Å²) in [6.07, 6.45) is 8.87. The van der Waals surface area contributed by atoms with Crippen molar-refractivity contribution in [2.45, 2.75) is 44.2 Å². The third-order valence-electron chi connectivity index (χ3n) is 4.23. The highest BCUT2D eigenvalue weighted by Gasteiger charge is 2.26. The minimum atomic E-state index is -0.0119. The Hall–Kier alpha value is -1.11. The zero-order valence-electron chi connectivity index (χ0n) is 13.1. The lowest BCUT2D eigenvalue weighted by atomic mass is 10.0. The SMILES string of the molecule is Cl.Cl.O=C(NC1CCCN(c2ncccn2)C1)[C@@H]1CCCCN1. The molecule has 3 heterocycles. The number of piperidine rings is 2. The highest BCUT2D eigenvalue weighted by atomic mass is 35.5. The first-order valence-corrected chi connectivity index (χ1v) is 7.88. The Balaban J connectivity index is 0.00000132. The fourth-order valence-corrected chi connectivity index (χ4v) is 3.11. The number of carbonyl (C=O) groups excluding carboxylic acids is 1. The van der Waals surface area contributed by atoms with E-state index in [4.69, 9.17) is 0 Å². The van der Waals surface area contributed by atoms with Crippen LogP contribution in [0.15, 0.2) is 18.5 Å². The molecule has 1 unspecified atom stereocenters. The molecule has 23 heavy (non-hydrogen) atoms. The van der Waals surface area contributed by atoms with Crippen LogP contribution in [0.4, 0.5) is 5.95 Å². The zero-order chi connectivity index (χ0) is 14.5. The van der Waals surface area contributed by atoms with Gasteiger partial charge in [0.1, 0.15) is 0 Å². The summed E-state index contributed by atoms with van der Waals surface area (Å²) in [6, 6.07) is 2.00. The third-order valence-corrected chi connectivity index (χ3v) is 4.23. The van der Waals surface area contributed by atoms with Gasteiger partial charge in [-0.1, -0.05) is 6.42 Å². The summed E-state index contributed by atoms with van der Waals surface area (Å²) in [6.45, 7) is 2.70. The summed E-state index contributed by atoms with van der Waals surface area (Å²) in [4.78, 5) is 23.0. The molecular weight excluding hydrogens is 337 g/mol. The van der Waals surface area contributed by atoms with E-state index in [2.05, 4.69) is 25.5 Å². The second-order valence-electron chi connectivity index (χ2n) is 5.85. The molecule has 3 rings (SSSR count). The van der Waals surface area contributed by atoms with Crippen molar-refractivity contribution in [3.63, 3.8) is 0 Å². The largest absolute Gasteiger partial charge is 0.350 e. The van der Waals surface area contributed by atoms with Gasteiger partial charge in [0.15, 0.2) is 0 Å². The minimum absolute atomic E-state index is 0. The predicted molar refractivity (Wildman–Crippen MR) is 95.5 cm³/mol. The Morgan fingerprint density at radius 1 is 1.17 bits per heavy atom. The van der Waals surface area contributed by atoms with E-state index in [1.165, 1.54) is 6.42 Å². The predicted octanol–water partition coefficient (Wildman–Crippen LogP) is 1.55. The van der Waals surface area contributed by atoms with E-state index in [0.717, 1.165) is 51.3 Å². The Morgan fingerprint density at radius 3 is 2.65 bits per heavy atom. The first-order chi connectivity index (χ1) is 10.3. The molecule has 1 aromatic heterocycles. The molecule has 2 aliphatic rings. The summed E-state index contributed by atoms with van der Waals surface area (Å²) in [5.74, 6) is 0.905. The molecule has 2 fully saturated rings. The summed E-state index contributed by atoms with van der Waals surface area (Å²) >= 11 is 0. The van der Waals surface area contributed by atoms with Crippen molar-refractivity contribution in [2.75, 3.05) is 24.5 Å². The molecule has 2 N–H and O–H groups in total. The van der Waals surface area contributed by atoms with Gasteiger partial charge in [0.25, 0.3) is 0 Å². The maximum atomic E-state index is 12.3. The van der Waals surface area contributed by atoms with Crippen LogP contribution in [0.3, 0.4) is 0 Å². The van der Waals surface area contributed by atoms with Gasteiger partial charge >= 0.3 is 0 Å². The van der Waals surface area contributed by atoms with E-state index in [9.17, 15) is 4.79 Å². The average Bonchev–Trinajstić information content (AvgIpc) is 2.57. The van der Waals surface area contributed by atoms with Gasteiger partial charge in [0.05, 0.1) is 6.04 Å². The van der Waals surface area contributed by atoms with Crippen molar-refractivity contribution in [1.82, 2.24) is 20.6 Å². The standard InChI is InChI=1S/C15H23N5O.2ClH/c21-14(13-6-1-2-7-16-13)19-12-5-3-10-20(11-12)15-17-8-4-9-18-15;;/h4,8-9,12-13,16H,1-3,5-7,10-11H2,(H,19,21);2*1H/t12?,13-;;/m0../s1. The molecule has 2 aliphatic heterocycles. The lowest BCUT2D eigenvalue weighted by molar-refractivity contribution is -0.124. The molecule has 0 bridgehead atoms. The second kappa shape index (κ2) is 9.90. The van der Waals surface area contributed by atoms with Crippen LogP contribution in [0.5, 0.6) is 0 Å². The molecule has 6 nitrogen and oxygen atoms in total. The van der Waals surface area contributed by atoms with E-state index in [1.54, 1.807) is 12.4 Å². The van der Waals surface area contributed by atoms with Crippen molar-refractivity contribution >= 4 is 36.7 Å². The van der Waals surface area contributed by atoms with Gasteiger partial charge in [-0.25, -0.2) is 9.97 Å². The van der Waals surface area contributed by atoms with Gasteiger partial charge in [0.2, 0.25) is 11.9 Å². The molecule has 0 radical (unpaired) electrons. The van der Waals surface area contributed by atoms with Crippen molar-refractivity contribution in [2.24, 2.45) is 0 Å². The minimum Gasteiger partial charge on any atom is -0.350 e. The number of halogens is 2. The number of nitrogens with zero attached hydrogens (tertiary/aromatic N) is 3. The van der Waals surface area contributed by atoms with Crippen molar-refractivity contribution < 1.29 is 4.79 Å². The first kappa shape index (κ1) is 19.9. The van der Waals surface area contributed by atoms with Crippen LogP contribution < -0.4 is 15.5 Å². The number of hydrogen-bond acceptors (Lipinski definition) is 5. The molecule has 0 aliphatic carbocycles. The molecule has 2 atom stereocenters. The van der Waals surface area contributed by atoms with Crippen molar-refractivity contribution in [3.8, 4) is 0 Å². The number of amides is 1. The fraction of sp³-hybridized carbons (Fsp3) is 0.667. The maximum Gasteiger partial charge on any atom is 0.237 e. The van der Waals surface area contributed by atoms with Gasteiger partial charge in [0, 0.05) is 31.5 Å². The molecule has 130 valence electrons. The average molecular weight is 362 g/mol. The summed E-state index contributed by atoms with van der Waals surface area (Å²) in [7, 11) is 0. The molecule has 2 saturated heterocycles. The van der Waals surface area contributed by atoms with E-state index in [-0.39, 0.29) is 42.8 Å². The molecule has 8 heteroatoms. The van der Waals surface area contributed by atoms with Crippen LogP contribution in [0.1, 0.15) is 32.1 Å². The number of aromatic nitrogens is 2. The Bertz CT molecular complexity index is 470. The number of carbonyl (C=O) groups is 1. The zero-order valence-corrected chi connectivity index (χ0v) is 14.7. The maximum absolute atomic E-state index is 12.3. The van der Waals surface area contributed by atoms with E-state index >= 15 is 0 Å². The monoisotopic (exact) mass is 361 g/mol. The van der Waals surface area contributed by atoms with Crippen LogP contribution >= 0.6 is 24.8 Å². The van der Waals surface area contributed by atoms with Gasteiger partial charge in [-0.05, 0) is 38.3 Å². The Morgan fingerprint density at radius 2 is 1.96 bits per heavy atom. The number of nitrogens with one attached hydrogen (secondary N) is 2. The van der Waals surface area contributed by atoms with Crippen molar-refractivity contribution in [1.29, 1.82) is 0 Å². The fourth-order valence-electron chi connectivity index (χ4n) is 3.11. The molecule has 0 saturated carbocycles. The highest BCUT2D eigenvalue weighted by Crippen LogP contribution is 2.16. The number of rotatable bonds is 3. The molecule has 1 aromatic rings. The molecule has 0 aromatic carbocycles. The Labute approximate surface area is 149 Å². The first-order valence-electron chi connectivity index (χ1n) is 7.88. The smallest absolute Gasteiger partial charge is 0.237 e. The van der Waals surface area contributed by atoms with Crippen LogP contribution in [0, 0.1) is 0 Å². The quantitative estimate of drug-likeness (QED) is 0.854. The van der Waals surface area contributed by atoms with E-state index in [0.29, 0.717) is 0 Å². The number of hydrogen-bond donors (Lipinski definition) is 2. The number of anilines is 1. The lowest BCUT2D eigenvalue weighted by Gasteiger charge is -2.34. The van der Waals surface area contributed by atoms with Crippen LogP contribution in [0.25, 0.3) is 0 Å². The van der Waals surface area contributed by atoms with Gasteiger partial charge < -0.3 is 15.5 Å².